The molecule has 0 radical (unpaired) electrons. The van der Waals surface area contributed by atoms with Crippen molar-refractivity contribution in [3.05, 3.63) is 68.9 Å². The molecule has 5 nitrogen and oxygen atoms in total. The van der Waals surface area contributed by atoms with Gasteiger partial charge < -0.3 is 5.32 Å². The summed E-state index contributed by atoms with van der Waals surface area (Å²) in [5, 5.41) is 10.1. The van der Waals surface area contributed by atoms with Crippen LogP contribution in [0.15, 0.2) is 53.0 Å². The topological polar surface area (TPSA) is 62.7 Å². The normalized spacial score (nSPS) is 12.0. The molecule has 0 saturated carbocycles. The third-order valence-electron chi connectivity index (χ3n) is 4.20. The van der Waals surface area contributed by atoms with E-state index in [4.69, 9.17) is 12.2 Å². The van der Waals surface area contributed by atoms with E-state index in [0.717, 1.165) is 22.0 Å². The van der Waals surface area contributed by atoms with E-state index in [0.29, 0.717) is 10.6 Å². The summed E-state index contributed by atoms with van der Waals surface area (Å²) in [6.07, 6.45) is 0.764. The van der Waals surface area contributed by atoms with Crippen molar-refractivity contribution in [2.45, 2.75) is 32.9 Å². The van der Waals surface area contributed by atoms with Crippen LogP contribution in [0.25, 0.3) is 11.4 Å². The first-order chi connectivity index (χ1) is 12.9. The molecule has 2 aromatic carbocycles. The number of aromatic nitrogens is 3. The minimum atomic E-state index is -0.0917. The standard InChI is InChI=1S/C20H21BrN4OS/c1-13-4-3-5-16(10-13)19-23-24-20(27)25(19)12-18(26)22-14(2)11-15-6-8-17(21)9-7-15/h3-10,14H,11-12H2,1-2H3,(H,22,26)(H,24,27). The average molecular weight is 445 g/mol. The van der Waals surface area contributed by atoms with E-state index in [-0.39, 0.29) is 18.5 Å². The maximum atomic E-state index is 12.5. The van der Waals surface area contributed by atoms with Crippen LogP contribution in [0.5, 0.6) is 0 Å². The molecule has 0 aliphatic rings. The van der Waals surface area contributed by atoms with Gasteiger partial charge in [-0.05, 0) is 56.2 Å². The second kappa shape index (κ2) is 8.63. The van der Waals surface area contributed by atoms with Crippen LogP contribution < -0.4 is 5.32 Å². The summed E-state index contributed by atoms with van der Waals surface area (Å²) in [6, 6.07) is 16.1. The Kier molecular flexibility index (Phi) is 6.23. The number of carbonyl (C=O) groups is 1. The van der Waals surface area contributed by atoms with Gasteiger partial charge in [0.2, 0.25) is 5.91 Å². The summed E-state index contributed by atoms with van der Waals surface area (Å²) >= 11 is 8.75. The summed E-state index contributed by atoms with van der Waals surface area (Å²) in [5.74, 6) is 0.574. The molecule has 0 bridgehead atoms. The molecule has 0 fully saturated rings. The van der Waals surface area contributed by atoms with Gasteiger partial charge in [-0.3, -0.25) is 14.5 Å². The molecule has 1 heterocycles. The van der Waals surface area contributed by atoms with Crippen molar-refractivity contribution in [1.29, 1.82) is 0 Å². The van der Waals surface area contributed by atoms with Crippen molar-refractivity contribution >= 4 is 34.1 Å². The first-order valence-corrected chi connectivity index (χ1v) is 9.88. The van der Waals surface area contributed by atoms with Crippen LogP contribution >= 0.6 is 28.1 Å². The summed E-state index contributed by atoms with van der Waals surface area (Å²) in [6.45, 7) is 4.14. The van der Waals surface area contributed by atoms with Crippen molar-refractivity contribution in [3.63, 3.8) is 0 Å². The number of aryl methyl sites for hydroxylation is 1. The summed E-state index contributed by atoms with van der Waals surface area (Å²) in [7, 11) is 0. The second-order valence-electron chi connectivity index (χ2n) is 6.61. The fourth-order valence-electron chi connectivity index (χ4n) is 2.96. The lowest BCUT2D eigenvalue weighted by molar-refractivity contribution is -0.122. The number of aromatic amines is 1. The highest BCUT2D eigenvalue weighted by atomic mass is 79.9. The Balaban J connectivity index is 1.68. The lowest BCUT2D eigenvalue weighted by Crippen LogP contribution is -2.36. The molecule has 1 aromatic heterocycles. The molecule has 1 amide bonds. The quantitative estimate of drug-likeness (QED) is 0.552. The first kappa shape index (κ1) is 19.5. The van der Waals surface area contributed by atoms with Gasteiger partial charge in [0.05, 0.1) is 0 Å². The molecule has 3 aromatic rings. The van der Waals surface area contributed by atoms with E-state index in [1.165, 1.54) is 5.56 Å². The number of rotatable bonds is 6. The molecule has 140 valence electrons. The molecule has 0 spiro atoms. The second-order valence-corrected chi connectivity index (χ2v) is 7.91. The van der Waals surface area contributed by atoms with Crippen molar-refractivity contribution < 1.29 is 4.79 Å². The Hall–Kier alpha value is -2.25. The largest absolute Gasteiger partial charge is 0.352 e. The van der Waals surface area contributed by atoms with Gasteiger partial charge in [-0.15, -0.1) is 0 Å². The smallest absolute Gasteiger partial charge is 0.240 e. The van der Waals surface area contributed by atoms with E-state index in [1.807, 2.05) is 50.2 Å². The Morgan fingerprint density at radius 3 is 2.74 bits per heavy atom. The fourth-order valence-corrected chi connectivity index (χ4v) is 3.42. The number of benzene rings is 2. The van der Waals surface area contributed by atoms with Crippen LogP contribution in [0.3, 0.4) is 0 Å². The van der Waals surface area contributed by atoms with Crippen LogP contribution in [-0.4, -0.2) is 26.7 Å². The van der Waals surface area contributed by atoms with Crippen molar-refractivity contribution in [1.82, 2.24) is 20.1 Å². The Morgan fingerprint density at radius 1 is 1.30 bits per heavy atom. The summed E-state index contributed by atoms with van der Waals surface area (Å²) in [4.78, 5) is 12.5. The van der Waals surface area contributed by atoms with E-state index in [9.17, 15) is 4.79 Å². The number of nitrogens with zero attached hydrogens (tertiary/aromatic N) is 2. The maximum Gasteiger partial charge on any atom is 0.240 e. The van der Waals surface area contributed by atoms with Crippen LogP contribution in [0.2, 0.25) is 0 Å². The monoisotopic (exact) mass is 444 g/mol. The Bertz CT molecular complexity index is 994. The van der Waals surface area contributed by atoms with Crippen molar-refractivity contribution in [2.24, 2.45) is 0 Å². The third-order valence-corrected chi connectivity index (χ3v) is 5.04. The summed E-state index contributed by atoms with van der Waals surface area (Å²) in [5.41, 5.74) is 3.23. The van der Waals surface area contributed by atoms with E-state index in [2.05, 4.69) is 43.6 Å². The third kappa shape index (κ3) is 5.14. The highest BCUT2D eigenvalue weighted by Gasteiger charge is 2.14. The van der Waals surface area contributed by atoms with Crippen molar-refractivity contribution in [2.75, 3.05) is 0 Å². The molecule has 3 rings (SSSR count). The SMILES string of the molecule is Cc1cccc(-c2n[nH]c(=S)n2CC(=O)NC(C)Cc2ccc(Br)cc2)c1. The van der Waals surface area contributed by atoms with Gasteiger partial charge in [-0.25, -0.2) is 0 Å². The molecule has 1 atom stereocenters. The molecular formula is C20H21BrN4OS. The zero-order valence-corrected chi connectivity index (χ0v) is 17.6. The number of carbonyl (C=O) groups excluding carboxylic acids is 1. The molecule has 0 saturated heterocycles. The van der Waals surface area contributed by atoms with E-state index >= 15 is 0 Å². The number of halogens is 1. The first-order valence-electron chi connectivity index (χ1n) is 8.68. The van der Waals surface area contributed by atoms with Gasteiger partial charge in [0.15, 0.2) is 10.6 Å². The Morgan fingerprint density at radius 2 is 2.04 bits per heavy atom. The number of amides is 1. The molecule has 0 aliphatic carbocycles. The molecule has 0 aliphatic heterocycles. The van der Waals surface area contributed by atoms with Crippen LogP contribution in [-0.2, 0) is 17.8 Å². The van der Waals surface area contributed by atoms with Gasteiger partial charge in [-0.2, -0.15) is 5.10 Å². The highest BCUT2D eigenvalue weighted by Crippen LogP contribution is 2.18. The number of nitrogens with one attached hydrogen (secondary N) is 2. The lowest BCUT2D eigenvalue weighted by atomic mass is 10.1. The molecule has 27 heavy (non-hydrogen) atoms. The van der Waals surface area contributed by atoms with Crippen LogP contribution in [0.4, 0.5) is 0 Å². The number of hydrogen-bond acceptors (Lipinski definition) is 3. The van der Waals surface area contributed by atoms with Gasteiger partial charge in [0.25, 0.3) is 0 Å². The minimum Gasteiger partial charge on any atom is -0.352 e. The molecule has 7 heteroatoms. The zero-order chi connectivity index (χ0) is 19.4. The van der Waals surface area contributed by atoms with Crippen LogP contribution in [0, 0.1) is 11.7 Å². The van der Waals surface area contributed by atoms with Gasteiger partial charge in [0.1, 0.15) is 6.54 Å². The van der Waals surface area contributed by atoms with Crippen LogP contribution in [0.1, 0.15) is 18.1 Å². The Labute approximate surface area is 171 Å². The predicted molar refractivity (Wildman–Crippen MR) is 113 cm³/mol. The molecular weight excluding hydrogens is 424 g/mol. The van der Waals surface area contributed by atoms with E-state index < -0.39 is 0 Å². The number of hydrogen-bond donors (Lipinski definition) is 2. The lowest BCUT2D eigenvalue weighted by Gasteiger charge is -2.15. The number of H-pyrrole nitrogens is 1. The van der Waals surface area contributed by atoms with Gasteiger partial charge >= 0.3 is 0 Å². The van der Waals surface area contributed by atoms with Gasteiger partial charge in [-0.1, -0.05) is 51.8 Å². The van der Waals surface area contributed by atoms with E-state index in [1.54, 1.807) is 4.57 Å². The zero-order valence-electron chi connectivity index (χ0n) is 15.2. The molecule has 2 N–H and O–H groups in total. The van der Waals surface area contributed by atoms with Gasteiger partial charge in [0, 0.05) is 16.1 Å². The summed E-state index contributed by atoms with van der Waals surface area (Å²) < 4.78 is 3.20. The van der Waals surface area contributed by atoms with Crippen molar-refractivity contribution in [3.8, 4) is 11.4 Å². The minimum absolute atomic E-state index is 0.0159. The predicted octanol–water partition coefficient (Wildman–Crippen LogP) is 4.43. The highest BCUT2D eigenvalue weighted by molar-refractivity contribution is 9.10. The maximum absolute atomic E-state index is 12.5. The molecule has 1 unspecified atom stereocenters. The average Bonchev–Trinajstić information content (AvgIpc) is 2.97. The fraction of sp³-hybridized carbons (Fsp3) is 0.250.